The number of hydrogen-bond donors (Lipinski definition) is 0. The number of methoxy groups -OCH3 is 2. The zero-order chi connectivity index (χ0) is 26.0. The zero-order valence-corrected chi connectivity index (χ0v) is 23.1. The van der Waals surface area contributed by atoms with Gasteiger partial charge in [-0.25, -0.2) is 0 Å². The van der Waals surface area contributed by atoms with Crippen LogP contribution in [0.15, 0.2) is 12.2 Å². The smallest absolute Gasteiger partial charge is 0.305 e. The Bertz CT molecular complexity index is 524. The number of allylic oxidation sites excluding steroid dienone is 2. The number of unbranched alkanes of at least 4 members (excludes halogenated alkanes) is 10. The fraction of sp³-hybridized carbons (Fsp3) is 0.857. The number of esters is 2. The molecule has 0 aromatic heterocycles. The van der Waals surface area contributed by atoms with Gasteiger partial charge in [-0.05, 0) is 65.5 Å². The minimum Gasteiger partial charge on any atom is -0.469 e. The summed E-state index contributed by atoms with van der Waals surface area (Å²) in [6, 6.07) is 0.253. The molecule has 7 nitrogen and oxygen atoms in total. The van der Waals surface area contributed by atoms with Gasteiger partial charge in [0.05, 0.1) is 33.5 Å². The van der Waals surface area contributed by atoms with Crippen molar-refractivity contribution in [3.63, 3.8) is 0 Å². The first-order chi connectivity index (χ1) is 17.0. The molecule has 0 aromatic rings. The molecule has 0 rings (SSSR count). The SMILES string of the molecule is COC(=O)CCCCCC=CCCCCCCCCOCC(COCCCCC(=O)OC)N(C)C. The summed E-state index contributed by atoms with van der Waals surface area (Å²) in [5.41, 5.74) is 0. The second-order valence-electron chi connectivity index (χ2n) is 9.36. The molecule has 0 spiro atoms. The third kappa shape index (κ3) is 24.0. The van der Waals surface area contributed by atoms with Gasteiger partial charge in [-0.15, -0.1) is 0 Å². The van der Waals surface area contributed by atoms with E-state index in [1.54, 1.807) is 0 Å². The number of carbonyl (C=O) groups excluding carboxylic acids is 2. The maximum Gasteiger partial charge on any atom is 0.305 e. The van der Waals surface area contributed by atoms with Crippen LogP contribution in [0, 0.1) is 0 Å². The molecular formula is C28H53NO6. The van der Waals surface area contributed by atoms with Crippen molar-refractivity contribution in [3.05, 3.63) is 12.2 Å². The Hall–Kier alpha value is -1.44. The Morgan fingerprint density at radius 1 is 0.629 bits per heavy atom. The third-order valence-corrected chi connectivity index (χ3v) is 6.05. The number of rotatable bonds is 25. The molecule has 0 fully saturated rings. The van der Waals surface area contributed by atoms with Crippen LogP contribution in [-0.4, -0.2) is 77.6 Å². The van der Waals surface area contributed by atoms with Gasteiger partial charge in [0.25, 0.3) is 0 Å². The predicted molar refractivity (Wildman–Crippen MR) is 142 cm³/mol. The zero-order valence-electron chi connectivity index (χ0n) is 23.1. The molecule has 0 bridgehead atoms. The summed E-state index contributed by atoms with van der Waals surface area (Å²) < 4.78 is 20.9. The van der Waals surface area contributed by atoms with Crippen LogP contribution in [0.5, 0.6) is 0 Å². The van der Waals surface area contributed by atoms with Crippen LogP contribution in [0.3, 0.4) is 0 Å². The summed E-state index contributed by atoms with van der Waals surface area (Å²) >= 11 is 0. The van der Waals surface area contributed by atoms with Gasteiger partial charge in [0.1, 0.15) is 0 Å². The maximum absolute atomic E-state index is 11.1. The van der Waals surface area contributed by atoms with Gasteiger partial charge in [-0.2, -0.15) is 0 Å². The van der Waals surface area contributed by atoms with Crippen molar-refractivity contribution in [3.8, 4) is 0 Å². The first-order valence-corrected chi connectivity index (χ1v) is 13.6. The van der Waals surface area contributed by atoms with Crippen LogP contribution in [0.1, 0.15) is 96.3 Å². The molecule has 1 atom stereocenters. The van der Waals surface area contributed by atoms with E-state index >= 15 is 0 Å². The quantitative estimate of drug-likeness (QED) is 0.0905. The first kappa shape index (κ1) is 33.6. The highest BCUT2D eigenvalue weighted by molar-refractivity contribution is 5.69. The van der Waals surface area contributed by atoms with Crippen LogP contribution < -0.4 is 0 Å². The van der Waals surface area contributed by atoms with E-state index in [9.17, 15) is 9.59 Å². The van der Waals surface area contributed by atoms with Crippen molar-refractivity contribution < 1.29 is 28.5 Å². The van der Waals surface area contributed by atoms with Gasteiger partial charge in [-0.3, -0.25) is 9.59 Å². The summed E-state index contributed by atoms with van der Waals surface area (Å²) in [4.78, 5) is 24.3. The van der Waals surface area contributed by atoms with Crippen molar-refractivity contribution in [2.24, 2.45) is 0 Å². The largest absolute Gasteiger partial charge is 0.469 e. The molecule has 0 saturated heterocycles. The lowest BCUT2D eigenvalue weighted by Crippen LogP contribution is -2.37. The topological polar surface area (TPSA) is 74.3 Å². The predicted octanol–water partition coefficient (Wildman–Crippen LogP) is 5.70. The Balaban J connectivity index is 3.46. The molecule has 35 heavy (non-hydrogen) atoms. The van der Waals surface area contributed by atoms with E-state index in [4.69, 9.17) is 9.47 Å². The van der Waals surface area contributed by atoms with Gasteiger partial charge in [0, 0.05) is 26.1 Å². The fourth-order valence-electron chi connectivity index (χ4n) is 3.58. The highest BCUT2D eigenvalue weighted by Gasteiger charge is 2.12. The minimum atomic E-state index is -0.158. The summed E-state index contributed by atoms with van der Waals surface area (Å²) in [6.07, 6.45) is 20.2. The van der Waals surface area contributed by atoms with Crippen molar-refractivity contribution in [2.45, 2.75) is 102 Å². The van der Waals surface area contributed by atoms with Crippen LogP contribution in [0.25, 0.3) is 0 Å². The Morgan fingerprint density at radius 3 is 1.51 bits per heavy atom. The molecule has 0 amide bonds. The van der Waals surface area contributed by atoms with Gasteiger partial charge in [0.15, 0.2) is 0 Å². The lowest BCUT2D eigenvalue weighted by molar-refractivity contribution is -0.141. The summed E-state index contributed by atoms with van der Waals surface area (Å²) in [7, 11) is 6.97. The van der Waals surface area contributed by atoms with Crippen molar-refractivity contribution in [2.75, 3.05) is 54.7 Å². The summed E-state index contributed by atoms with van der Waals surface area (Å²) in [6.45, 7) is 2.81. The molecule has 0 aliphatic heterocycles. The van der Waals surface area contributed by atoms with Crippen molar-refractivity contribution >= 4 is 11.9 Å². The molecule has 206 valence electrons. The average Bonchev–Trinajstić information content (AvgIpc) is 2.85. The second-order valence-corrected chi connectivity index (χ2v) is 9.36. The van der Waals surface area contributed by atoms with Gasteiger partial charge in [-0.1, -0.05) is 44.3 Å². The van der Waals surface area contributed by atoms with Crippen molar-refractivity contribution in [1.29, 1.82) is 0 Å². The molecule has 0 aliphatic rings. The van der Waals surface area contributed by atoms with Gasteiger partial charge < -0.3 is 23.8 Å². The molecule has 0 aliphatic carbocycles. The van der Waals surface area contributed by atoms with Crippen LogP contribution in [-0.2, 0) is 28.5 Å². The van der Waals surface area contributed by atoms with E-state index in [1.807, 2.05) is 0 Å². The molecule has 1 unspecified atom stereocenters. The molecular weight excluding hydrogens is 446 g/mol. The number of ether oxygens (including phenoxy) is 4. The molecule has 0 radical (unpaired) electrons. The standard InChI is InChI=1S/C28H53NO6/c1-29(2)26(25-35-23-19-17-21-28(31)33-4)24-34-22-18-15-13-11-9-7-5-6-8-10-12-14-16-20-27(30)32-3/h6,8,26H,5,7,9-25H2,1-4H3. The first-order valence-electron chi connectivity index (χ1n) is 13.6. The van der Waals surface area contributed by atoms with E-state index in [2.05, 4.69) is 40.6 Å². The number of likely N-dealkylation sites (N-methyl/N-ethyl adjacent to an activating group) is 1. The maximum atomic E-state index is 11.1. The fourth-order valence-corrected chi connectivity index (χ4v) is 3.58. The molecule has 7 heteroatoms. The molecule has 0 N–H and O–H groups in total. The highest BCUT2D eigenvalue weighted by atomic mass is 16.5. The van der Waals surface area contributed by atoms with E-state index in [-0.39, 0.29) is 18.0 Å². The Kier molecular flexibility index (Phi) is 24.6. The van der Waals surface area contributed by atoms with E-state index in [0.717, 1.165) is 51.6 Å². The molecule has 0 heterocycles. The molecule has 0 aromatic carbocycles. The normalized spacial score (nSPS) is 12.4. The van der Waals surface area contributed by atoms with E-state index < -0.39 is 0 Å². The Labute approximate surface area is 214 Å². The number of nitrogens with zero attached hydrogens (tertiary/aromatic N) is 1. The lowest BCUT2D eigenvalue weighted by atomic mass is 10.1. The lowest BCUT2D eigenvalue weighted by Gasteiger charge is -2.24. The van der Waals surface area contributed by atoms with Crippen LogP contribution in [0.4, 0.5) is 0 Å². The average molecular weight is 500 g/mol. The van der Waals surface area contributed by atoms with E-state index in [1.165, 1.54) is 52.7 Å². The van der Waals surface area contributed by atoms with Gasteiger partial charge >= 0.3 is 11.9 Å². The summed E-state index contributed by atoms with van der Waals surface area (Å²) in [5.74, 6) is -0.260. The second kappa shape index (κ2) is 25.6. The number of carbonyl (C=O) groups is 2. The monoisotopic (exact) mass is 499 g/mol. The van der Waals surface area contributed by atoms with Crippen LogP contribution >= 0.6 is 0 Å². The molecule has 0 saturated carbocycles. The highest BCUT2D eigenvalue weighted by Crippen LogP contribution is 2.09. The number of hydrogen-bond acceptors (Lipinski definition) is 7. The van der Waals surface area contributed by atoms with Crippen molar-refractivity contribution in [1.82, 2.24) is 4.90 Å². The van der Waals surface area contributed by atoms with E-state index in [0.29, 0.717) is 32.7 Å². The van der Waals surface area contributed by atoms with Gasteiger partial charge in [0.2, 0.25) is 0 Å². The third-order valence-electron chi connectivity index (χ3n) is 6.05. The summed E-state index contributed by atoms with van der Waals surface area (Å²) in [5, 5.41) is 0. The Morgan fingerprint density at radius 2 is 1.03 bits per heavy atom. The van der Waals surface area contributed by atoms with Crippen LogP contribution in [0.2, 0.25) is 0 Å². The minimum absolute atomic E-state index is 0.103.